The van der Waals surface area contributed by atoms with Crippen LogP contribution in [0.5, 0.6) is 0 Å². The summed E-state index contributed by atoms with van der Waals surface area (Å²) >= 11 is 5.64. The maximum absolute atomic E-state index is 12.1. The Kier molecular flexibility index (Phi) is 3.62. The number of halogens is 1. The summed E-state index contributed by atoms with van der Waals surface area (Å²) < 4.78 is 0. The molecule has 0 aliphatic carbocycles. The topological polar surface area (TPSA) is 46.1 Å². The van der Waals surface area contributed by atoms with Gasteiger partial charge in [0.1, 0.15) is 0 Å². The van der Waals surface area contributed by atoms with Gasteiger partial charge in [-0.25, -0.2) is 0 Å². The molecular weight excluding hydrogens is 238 g/mol. The zero-order chi connectivity index (χ0) is 12.4. The molecule has 1 aliphatic heterocycles. The van der Waals surface area contributed by atoms with Crippen LogP contribution in [0.4, 0.5) is 0 Å². The second-order valence-corrected chi connectivity index (χ2v) is 5.17. The van der Waals surface area contributed by atoms with Gasteiger partial charge >= 0.3 is 0 Å². The molecule has 1 unspecified atom stereocenters. The number of carbonyl (C=O) groups is 1. The van der Waals surface area contributed by atoms with Gasteiger partial charge in [0.2, 0.25) is 0 Å². The summed E-state index contributed by atoms with van der Waals surface area (Å²) in [6, 6.07) is 3.22. The molecule has 0 bridgehead atoms. The smallest absolute Gasteiger partial charge is 0.274 e. The maximum atomic E-state index is 12.1. The largest absolute Gasteiger partial charge is 0.337 e. The summed E-state index contributed by atoms with van der Waals surface area (Å²) in [6.07, 6.45) is 1.07. The van der Waals surface area contributed by atoms with Crippen LogP contribution in [0.3, 0.4) is 0 Å². The summed E-state index contributed by atoms with van der Waals surface area (Å²) in [6.45, 7) is 6.02. The highest BCUT2D eigenvalue weighted by molar-refractivity contribution is 6.29. The number of nitrogens with zero attached hydrogens (tertiary/aromatic N) is 3. The Balaban J connectivity index is 2.04. The third kappa shape index (κ3) is 2.75. The highest BCUT2D eigenvalue weighted by Crippen LogP contribution is 2.24. The number of rotatable bonds is 2. The third-order valence-corrected chi connectivity index (χ3v) is 3.51. The van der Waals surface area contributed by atoms with Crippen LogP contribution in [0.15, 0.2) is 12.1 Å². The monoisotopic (exact) mass is 253 g/mol. The first-order chi connectivity index (χ1) is 8.08. The fourth-order valence-corrected chi connectivity index (χ4v) is 2.21. The predicted molar refractivity (Wildman–Crippen MR) is 65.9 cm³/mol. The molecule has 1 fully saturated rings. The molecule has 0 radical (unpaired) electrons. The molecule has 1 atom stereocenters. The number of hydrogen-bond acceptors (Lipinski definition) is 3. The van der Waals surface area contributed by atoms with Gasteiger partial charge in [-0.3, -0.25) is 4.79 Å². The van der Waals surface area contributed by atoms with Gasteiger partial charge in [0.25, 0.3) is 5.91 Å². The summed E-state index contributed by atoms with van der Waals surface area (Å²) in [7, 11) is 0. The van der Waals surface area contributed by atoms with E-state index in [1.165, 1.54) is 0 Å². The maximum Gasteiger partial charge on any atom is 0.274 e. The van der Waals surface area contributed by atoms with Crippen molar-refractivity contribution in [1.29, 1.82) is 0 Å². The molecule has 92 valence electrons. The van der Waals surface area contributed by atoms with E-state index < -0.39 is 0 Å². The lowest BCUT2D eigenvalue weighted by Crippen LogP contribution is -2.30. The zero-order valence-electron chi connectivity index (χ0n) is 10.1. The van der Waals surface area contributed by atoms with Gasteiger partial charge in [-0.05, 0) is 30.4 Å². The standard InChI is InChI=1S/C12H16ClN3O/c1-8(2)9-5-6-16(7-9)12(17)10-3-4-11(13)15-14-10/h3-4,8-9H,5-7H2,1-2H3. The van der Waals surface area contributed by atoms with E-state index in [2.05, 4.69) is 24.0 Å². The second kappa shape index (κ2) is 5.00. The predicted octanol–water partition coefficient (Wildman–Crippen LogP) is 2.25. The van der Waals surface area contributed by atoms with Crippen molar-refractivity contribution in [3.05, 3.63) is 23.0 Å². The minimum absolute atomic E-state index is 0.0442. The van der Waals surface area contributed by atoms with E-state index in [4.69, 9.17) is 11.6 Å². The second-order valence-electron chi connectivity index (χ2n) is 4.79. The number of likely N-dealkylation sites (tertiary alicyclic amines) is 1. The lowest BCUT2D eigenvalue weighted by atomic mass is 9.95. The molecule has 2 heterocycles. The van der Waals surface area contributed by atoms with Crippen LogP contribution in [0.2, 0.25) is 5.15 Å². The Morgan fingerprint density at radius 1 is 1.47 bits per heavy atom. The molecule has 2 rings (SSSR count). The molecule has 17 heavy (non-hydrogen) atoms. The third-order valence-electron chi connectivity index (χ3n) is 3.31. The normalized spacial score (nSPS) is 20.0. The summed E-state index contributed by atoms with van der Waals surface area (Å²) in [4.78, 5) is 14.0. The van der Waals surface area contributed by atoms with Gasteiger partial charge in [0.15, 0.2) is 10.8 Å². The summed E-state index contributed by atoms with van der Waals surface area (Å²) in [5, 5.41) is 7.82. The SMILES string of the molecule is CC(C)C1CCN(C(=O)c2ccc(Cl)nn2)C1. The molecule has 1 amide bonds. The molecule has 0 spiro atoms. The molecule has 1 aromatic heterocycles. The van der Waals surface area contributed by atoms with E-state index in [0.717, 1.165) is 19.5 Å². The van der Waals surface area contributed by atoms with Crippen LogP contribution in [-0.2, 0) is 0 Å². The molecular formula is C12H16ClN3O. The molecule has 0 N–H and O–H groups in total. The fourth-order valence-electron chi connectivity index (χ4n) is 2.11. The fraction of sp³-hybridized carbons (Fsp3) is 0.583. The van der Waals surface area contributed by atoms with Crippen LogP contribution in [0.1, 0.15) is 30.8 Å². The first-order valence-corrected chi connectivity index (χ1v) is 6.24. The Bertz CT molecular complexity index is 405. The van der Waals surface area contributed by atoms with Crippen LogP contribution in [0, 0.1) is 11.8 Å². The molecule has 1 saturated heterocycles. The number of carbonyl (C=O) groups excluding carboxylic acids is 1. The lowest BCUT2D eigenvalue weighted by molar-refractivity contribution is 0.0777. The van der Waals surface area contributed by atoms with Crippen LogP contribution < -0.4 is 0 Å². The molecule has 0 aromatic carbocycles. The molecule has 1 aliphatic rings. The molecule has 1 aromatic rings. The molecule has 5 heteroatoms. The quantitative estimate of drug-likeness (QED) is 0.812. The highest BCUT2D eigenvalue weighted by atomic mass is 35.5. The van der Waals surface area contributed by atoms with Gasteiger partial charge in [0.05, 0.1) is 0 Å². The minimum Gasteiger partial charge on any atom is -0.337 e. The van der Waals surface area contributed by atoms with Gasteiger partial charge in [0, 0.05) is 13.1 Å². The van der Waals surface area contributed by atoms with Crippen LogP contribution in [0.25, 0.3) is 0 Å². The van der Waals surface area contributed by atoms with Crippen LogP contribution >= 0.6 is 11.6 Å². The van der Waals surface area contributed by atoms with Gasteiger partial charge in [-0.15, -0.1) is 10.2 Å². The Morgan fingerprint density at radius 2 is 2.24 bits per heavy atom. The number of amides is 1. The van der Waals surface area contributed by atoms with E-state index >= 15 is 0 Å². The molecule has 0 saturated carbocycles. The van der Waals surface area contributed by atoms with Crippen molar-refractivity contribution >= 4 is 17.5 Å². The Morgan fingerprint density at radius 3 is 2.76 bits per heavy atom. The zero-order valence-corrected chi connectivity index (χ0v) is 10.8. The summed E-state index contributed by atoms with van der Waals surface area (Å²) in [5.74, 6) is 1.17. The first-order valence-electron chi connectivity index (χ1n) is 5.86. The van der Waals surface area contributed by atoms with E-state index in [0.29, 0.717) is 22.7 Å². The van der Waals surface area contributed by atoms with E-state index in [1.807, 2.05) is 4.90 Å². The Labute approximate surface area is 106 Å². The van der Waals surface area contributed by atoms with Crippen molar-refractivity contribution in [3.8, 4) is 0 Å². The van der Waals surface area contributed by atoms with Crippen molar-refractivity contribution in [2.45, 2.75) is 20.3 Å². The van der Waals surface area contributed by atoms with Crippen molar-refractivity contribution in [2.75, 3.05) is 13.1 Å². The number of aromatic nitrogens is 2. The van der Waals surface area contributed by atoms with E-state index in [-0.39, 0.29) is 5.91 Å². The lowest BCUT2D eigenvalue weighted by Gasteiger charge is -2.17. The van der Waals surface area contributed by atoms with E-state index in [9.17, 15) is 4.79 Å². The van der Waals surface area contributed by atoms with E-state index in [1.54, 1.807) is 12.1 Å². The molecule has 4 nitrogen and oxygen atoms in total. The van der Waals surface area contributed by atoms with Crippen molar-refractivity contribution in [1.82, 2.24) is 15.1 Å². The van der Waals surface area contributed by atoms with Crippen molar-refractivity contribution in [2.24, 2.45) is 11.8 Å². The first kappa shape index (κ1) is 12.3. The minimum atomic E-state index is -0.0442. The Hall–Kier alpha value is -1.16. The summed E-state index contributed by atoms with van der Waals surface area (Å²) in [5.41, 5.74) is 0.374. The van der Waals surface area contributed by atoms with Gasteiger partial charge in [-0.1, -0.05) is 25.4 Å². The van der Waals surface area contributed by atoms with Crippen molar-refractivity contribution < 1.29 is 4.79 Å². The van der Waals surface area contributed by atoms with Crippen molar-refractivity contribution in [3.63, 3.8) is 0 Å². The average molecular weight is 254 g/mol. The average Bonchev–Trinajstić information content (AvgIpc) is 2.78. The van der Waals surface area contributed by atoms with Gasteiger partial charge < -0.3 is 4.90 Å². The van der Waals surface area contributed by atoms with Crippen LogP contribution in [-0.4, -0.2) is 34.1 Å². The number of hydrogen-bond donors (Lipinski definition) is 0. The van der Waals surface area contributed by atoms with Gasteiger partial charge in [-0.2, -0.15) is 0 Å². The highest BCUT2D eigenvalue weighted by Gasteiger charge is 2.29.